The first-order valence-corrected chi connectivity index (χ1v) is 11.8. The number of aliphatic carboxylic acids is 1. The van der Waals surface area contributed by atoms with Crippen molar-refractivity contribution in [3.63, 3.8) is 0 Å². The topological polar surface area (TPSA) is 77.0 Å². The number of carboxylic acids is 1. The highest BCUT2D eigenvalue weighted by Crippen LogP contribution is 2.33. The van der Waals surface area contributed by atoms with Gasteiger partial charge in [0.1, 0.15) is 12.8 Å². The molecule has 3 rings (SSSR count). The van der Waals surface area contributed by atoms with E-state index in [1.165, 1.54) is 25.7 Å². The molecule has 30 heavy (non-hydrogen) atoms. The summed E-state index contributed by atoms with van der Waals surface area (Å²) in [5.41, 5.74) is -0.191. The number of carbonyl (C=O) groups is 1. The molecule has 1 saturated heterocycles. The SMILES string of the molecule is CC(C)(C)OC1NC([C@@H]2CC=CCC2)CCC1COC1CCC(OCC(=O)O)CC1. The summed E-state index contributed by atoms with van der Waals surface area (Å²) in [6.45, 7) is 6.89. The van der Waals surface area contributed by atoms with E-state index in [1.807, 2.05) is 0 Å². The van der Waals surface area contributed by atoms with Crippen LogP contribution in [-0.2, 0) is 19.0 Å². The van der Waals surface area contributed by atoms with Crippen molar-refractivity contribution < 1.29 is 24.1 Å². The Bertz CT molecular complexity index is 564. The molecule has 2 N–H and O–H groups in total. The zero-order valence-corrected chi connectivity index (χ0v) is 19.0. The summed E-state index contributed by atoms with van der Waals surface area (Å²) >= 11 is 0. The summed E-state index contributed by atoms with van der Waals surface area (Å²) in [6.07, 6.45) is 14.6. The first-order chi connectivity index (χ1) is 14.3. The van der Waals surface area contributed by atoms with Gasteiger partial charge in [0.25, 0.3) is 0 Å². The number of rotatable bonds is 8. The molecule has 3 aliphatic rings. The first kappa shape index (κ1) is 23.7. The summed E-state index contributed by atoms with van der Waals surface area (Å²) in [6, 6.07) is 0.528. The van der Waals surface area contributed by atoms with E-state index in [-0.39, 0.29) is 30.6 Å². The number of hydrogen-bond acceptors (Lipinski definition) is 5. The maximum atomic E-state index is 10.7. The molecule has 3 unspecified atom stereocenters. The first-order valence-electron chi connectivity index (χ1n) is 11.8. The Morgan fingerprint density at radius 3 is 2.30 bits per heavy atom. The second-order valence-electron chi connectivity index (χ2n) is 10.2. The fraction of sp³-hybridized carbons (Fsp3) is 0.875. The predicted octanol–water partition coefficient (Wildman–Crippen LogP) is 4.28. The number of ether oxygens (including phenoxy) is 3. The monoisotopic (exact) mass is 423 g/mol. The average Bonchev–Trinajstić information content (AvgIpc) is 2.71. The maximum absolute atomic E-state index is 10.7. The molecule has 6 nitrogen and oxygen atoms in total. The summed E-state index contributed by atoms with van der Waals surface area (Å²) in [4.78, 5) is 10.7. The van der Waals surface area contributed by atoms with Crippen LogP contribution in [0.2, 0.25) is 0 Å². The van der Waals surface area contributed by atoms with E-state index < -0.39 is 5.97 Å². The van der Waals surface area contributed by atoms with Gasteiger partial charge in [0.2, 0.25) is 0 Å². The fourth-order valence-electron chi connectivity index (χ4n) is 5.03. The average molecular weight is 424 g/mol. The molecule has 1 aliphatic heterocycles. The van der Waals surface area contributed by atoms with Gasteiger partial charge in [-0.2, -0.15) is 0 Å². The quantitative estimate of drug-likeness (QED) is 0.568. The minimum absolute atomic E-state index is 0.0323. The number of hydrogen-bond donors (Lipinski definition) is 2. The lowest BCUT2D eigenvalue weighted by Gasteiger charge is -2.43. The highest BCUT2D eigenvalue weighted by molar-refractivity contribution is 5.68. The lowest BCUT2D eigenvalue weighted by atomic mass is 9.81. The number of carboxylic acid groups (broad SMARTS) is 1. The van der Waals surface area contributed by atoms with Gasteiger partial charge in [-0.3, -0.25) is 5.32 Å². The largest absolute Gasteiger partial charge is 0.480 e. The van der Waals surface area contributed by atoms with Gasteiger partial charge in [0.15, 0.2) is 0 Å². The zero-order chi connectivity index (χ0) is 21.6. The minimum Gasteiger partial charge on any atom is -0.480 e. The van der Waals surface area contributed by atoms with Crippen molar-refractivity contribution in [1.29, 1.82) is 0 Å². The van der Waals surface area contributed by atoms with E-state index in [0.29, 0.717) is 17.9 Å². The molecule has 1 heterocycles. The Morgan fingerprint density at radius 1 is 1.00 bits per heavy atom. The predicted molar refractivity (Wildman–Crippen MR) is 116 cm³/mol. The van der Waals surface area contributed by atoms with Crippen molar-refractivity contribution in [2.24, 2.45) is 11.8 Å². The van der Waals surface area contributed by atoms with Gasteiger partial charge in [0.05, 0.1) is 24.4 Å². The van der Waals surface area contributed by atoms with Gasteiger partial charge in [-0.25, -0.2) is 4.79 Å². The molecule has 0 radical (unpaired) electrons. The van der Waals surface area contributed by atoms with Gasteiger partial charge in [-0.15, -0.1) is 0 Å². The van der Waals surface area contributed by atoms with Crippen molar-refractivity contribution in [3.05, 3.63) is 12.2 Å². The van der Waals surface area contributed by atoms with Crippen molar-refractivity contribution in [2.45, 2.75) is 109 Å². The van der Waals surface area contributed by atoms with Gasteiger partial charge in [-0.1, -0.05) is 12.2 Å². The fourth-order valence-corrected chi connectivity index (χ4v) is 5.03. The van der Waals surface area contributed by atoms with Crippen molar-refractivity contribution in [2.75, 3.05) is 13.2 Å². The highest BCUT2D eigenvalue weighted by atomic mass is 16.5. The van der Waals surface area contributed by atoms with Gasteiger partial charge in [-0.05, 0) is 84.5 Å². The van der Waals surface area contributed by atoms with Crippen LogP contribution < -0.4 is 5.32 Å². The zero-order valence-electron chi connectivity index (χ0n) is 19.0. The molecule has 0 spiro atoms. The standard InChI is InChI=1S/C24H41NO5/c1-24(2,3)30-23-18(9-14-21(25-23)17-7-5-4-6-8-17)15-28-19-10-12-20(13-11-19)29-16-22(26)27/h4-5,17-21,23,25H,6-16H2,1-3H3,(H,26,27)/t17-,18?,19?,20?,21?,23?/m1/s1. The van der Waals surface area contributed by atoms with E-state index in [1.54, 1.807) is 0 Å². The third kappa shape index (κ3) is 7.63. The Hall–Kier alpha value is -0.950. The Kier molecular flexibility index (Phi) is 8.75. The third-order valence-electron chi connectivity index (χ3n) is 6.62. The van der Waals surface area contributed by atoms with E-state index in [4.69, 9.17) is 19.3 Å². The van der Waals surface area contributed by atoms with Crippen LogP contribution >= 0.6 is 0 Å². The van der Waals surface area contributed by atoms with Crippen LogP contribution in [0.3, 0.4) is 0 Å². The Labute approximate surface area is 181 Å². The molecule has 0 aromatic heterocycles. The van der Waals surface area contributed by atoms with E-state index in [0.717, 1.165) is 38.7 Å². The third-order valence-corrected chi connectivity index (χ3v) is 6.62. The van der Waals surface area contributed by atoms with Crippen molar-refractivity contribution >= 4 is 5.97 Å². The smallest absolute Gasteiger partial charge is 0.329 e. The molecule has 0 aromatic carbocycles. The molecule has 0 bridgehead atoms. The maximum Gasteiger partial charge on any atom is 0.329 e. The lowest BCUT2D eigenvalue weighted by molar-refractivity contribution is -0.147. The van der Waals surface area contributed by atoms with E-state index in [2.05, 4.69) is 38.2 Å². The molecule has 2 fully saturated rings. The molecule has 0 aromatic rings. The van der Waals surface area contributed by atoms with Gasteiger partial charge < -0.3 is 19.3 Å². The second-order valence-corrected chi connectivity index (χ2v) is 10.2. The molecule has 2 aliphatic carbocycles. The van der Waals surface area contributed by atoms with Crippen LogP contribution in [0, 0.1) is 11.8 Å². The second kappa shape index (κ2) is 11.1. The summed E-state index contributed by atoms with van der Waals surface area (Å²) < 4.78 is 18.2. The number of nitrogens with one attached hydrogen (secondary N) is 1. The molecule has 172 valence electrons. The molecule has 1 saturated carbocycles. The Morgan fingerprint density at radius 2 is 1.70 bits per heavy atom. The molecule has 4 atom stereocenters. The van der Waals surface area contributed by atoms with Crippen LogP contribution in [0.25, 0.3) is 0 Å². The minimum atomic E-state index is -0.898. The van der Waals surface area contributed by atoms with Crippen LogP contribution in [-0.4, -0.2) is 54.4 Å². The summed E-state index contributed by atoms with van der Waals surface area (Å²) in [7, 11) is 0. The summed E-state index contributed by atoms with van der Waals surface area (Å²) in [5, 5.41) is 12.6. The number of piperidine rings is 1. The van der Waals surface area contributed by atoms with Crippen LogP contribution in [0.1, 0.15) is 78.6 Å². The van der Waals surface area contributed by atoms with Crippen LogP contribution in [0.4, 0.5) is 0 Å². The normalized spacial score (nSPS) is 35.3. The van der Waals surface area contributed by atoms with Crippen LogP contribution in [0.5, 0.6) is 0 Å². The molecular weight excluding hydrogens is 382 g/mol. The number of allylic oxidation sites excluding steroid dienone is 2. The molecule has 0 amide bonds. The van der Waals surface area contributed by atoms with Gasteiger partial charge >= 0.3 is 5.97 Å². The Balaban J connectivity index is 1.46. The van der Waals surface area contributed by atoms with Crippen molar-refractivity contribution in [3.8, 4) is 0 Å². The van der Waals surface area contributed by atoms with Gasteiger partial charge in [0, 0.05) is 12.0 Å². The van der Waals surface area contributed by atoms with Crippen molar-refractivity contribution in [1.82, 2.24) is 5.32 Å². The molecule has 6 heteroatoms. The van der Waals surface area contributed by atoms with E-state index >= 15 is 0 Å². The summed E-state index contributed by atoms with van der Waals surface area (Å²) in [5.74, 6) is 0.176. The lowest BCUT2D eigenvalue weighted by Crippen LogP contribution is -2.55. The molecular formula is C24H41NO5. The van der Waals surface area contributed by atoms with Crippen LogP contribution in [0.15, 0.2) is 12.2 Å². The van der Waals surface area contributed by atoms with E-state index in [9.17, 15) is 4.79 Å². The highest BCUT2D eigenvalue weighted by Gasteiger charge is 2.37.